The molecule has 0 spiro atoms. The highest BCUT2D eigenvalue weighted by atomic mass is 19.1. The van der Waals surface area contributed by atoms with Gasteiger partial charge in [0, 0.05) is 50.3 Å². The molecule has 0 atom stereocenters. The minimum atomic E-state index is -1.37. The number of rotatable bonds is 7. The number of benzene rings is 3. The lowest BCUT2D eigenvalue weighted by atomic mass is 10.1. The maximum absolute atomic E-state index is 15.8. The molecule has 5 rings (SSSR count). The number of hydrogen-bond donors (Lipinski definition) is 1. The molecule has 3 aromatic carbocycles. The summed E-state index contributed by atoms with van der Waals surface area (Å²) in [5.74, 6) is -1.80. The third-order valence-corrected chi connectivity index (χ3v) is 7.04. The summed E-state index contributed by atoms with van der Waals surface area (Å²) in [5, 5.41) is 9.71. The number of para-hydroxylation sites is 1. The zero-order valence-corrected chi connectivity index (χ0v) is 22.2. The van der Waals surface area contributed by atoms with Crippen molar-refractivity contribution < 1.29 is 19.0 Å². The summed E-state index contributed by atoms with van der Waals surface area (Å²) in [6, 6.07) is 18.8. The van der Waals surface area contributed by atoms with Crippen LogP contribution in [0.2, 0.25) is 0 Å². The molecule has 2 heterocycles. The normalized spacial score (nSPS) is 13.8. The SMILES string of the molecule is COc1c(N2CCN(c3ccccc3)CC2)c(F)cc2c(=O)c(C(=O)O)cn(-c3ccc(CN(C)C)cc3)c12. The molecule has 1 N–H and O–H groups in total. The molecule has 39 heavy (non-hydrogen) atoms. The van der Waals surface area contributed by atoms with Gasteiger partial charge in [-0.2, -0.15) is 0 Å². The van der Waals surface area contributed by atoms with Crippen LogP contribution in [-0.4, -0.2) is 67.9 Å². The fraction of sp³-hybridized carbons (Fsp3) is 0.267. The summed E-state index contributed by atoms with van der Waals surface area (Å²) >= 11 is 0. The first-order valence-corrected chi connectivity index (χ1v) is 12.8. The molecule has 9 heteroatoms. The third kappa shape index (κ3) is 5.05. The van der Waals surface area contributed by atoms with Crippen LogP contribution in [0, 0.1) is 5.82 Å². The summed E-state index contributed by atoms with van der Waals surface area (Å²) in [6.45, 7) is 3.19. The molecule has 0 bridgehead atoms. The van der Waals surface area contributed by atoms with Gasteiger partial charge in [0.15, 0.2) is 11.6 Å². The molecule has 1 aliphatic rings. The van der Waals surface area contributed by atoms with Crippen LogP contribution in [-0.2, 0) is 6.54 Å². The second-order valence-corrected chi connectivity index (χ2v) is 9.90. The molecule has 202 valence electrons. The summed E-state index contributed by atoms with van der Waals surface area (Å²) in [5.41, 5.74) is 2.21. The Morgan fingerprint density at radius 2 is 1.62 bits per heavy atom. The van der Waals surface area contributed by atoms with Crippen molar-refractivity contribution >= 4 is 28.2 Å². The zero-order chi connectivity index (χ0) is 27.7. The van der Waals surface area contributed by atoms with E-state index < -0.39 is 22.8 Å². The second kappa shape index (κ2) is 10.8. The number of pyridine rings is 1. The number of anilines is 2. The third-order valence-electron chi connectivity index (χ3n) is 7.04. The molecular weight excluding hydrogens is 499 g/mol. The van der Waals surface area contributed by atoms with Crippen molar-refractivity contribution in [2.24, 2.45) is 0 Å². The summed E-state index contributed by atoms with van der Waals surface area (Å²) in [7, 11) is 5.39. The molecule has 0 saturated carbocycles. The standard InChI is InChI=1S/C30H31FN4O4/c1-32(2)18-20-9-11-22(12-10-20)35-19-24(30(37)38)28(36)23-17-25(31)27(29(39-3)26(23)35)34-15-13-33(14-16-34)21-7-5-4-6-8-21/h4-12,17,19H,13-16,18H2,1-3H3,(H,37,38). The van der Waals surface area contributed by atoms with E-state index in [0.29, 0.717) is 37.4 Å². The summed E-state index contributed by atoms with van der Waals surface area (Å²) < 4.78 is 23.2. The number of piperazine rings is 1. The molecule has 1 fully saturated rings. The van der Waals surface area contributed by atoms with Gasteiger partial charge in [0.1, 0.15) is 16.8 Å². The molecule has 0 aliphatic carbocycles. The van der Waals surface area contributed by atoms with Crippen molar-refractivity contribution in [3.63, 3.8) is 0 Å². The minimum Gasteiger partial charge on any atom is -0.492 e. The number of hydrogen-bond acceptors (Lipinski definition) is 6. The number of carboxylic acids is 1. The van der Waals surface area contributed by atoms with Gasteiger partial charge in [-0.15, -0.1) is 0 Å². The highest BCUT2D eigenvalue weighted by Crippen LogP contribution is 2.39. The highest BCUT2D eigenvalue weighted by Gasteiger charge is 2.28. The van der Waals surface area contributed by atoms with Gasteiger partial charge in [0.05, 0.1) is 12.5 Å². The van der Waals surface area contributed by atoms with Crippen molar-refractivity contribution in [3.05, 3.63) is 94.0 Å². The predicted octanol–water partition coefficient (Wildman–Crippen LogP) is 4.22. The van der Waals surface area contributed by atoms with E-state index in [1.807, 2.05) is 66.4 Å². The van der Waals surface area contributed by atoms with Crippen LogP contribution in [0.1, 0.15) is 15.9 Å². The van der Waals surface area contributed by atoms with E-state index in [2.05, 4.69) is 17.0 Å². The van der Waals surface area contributed by atoms with Crippen LogP contribution < -0.4 is 20.0 Å². The molecule has 0 amide bonds. The molecule has 0 unspecified atom stereocenters. The molecular formula is C30H31FN4O4. The Hall–Kier alpha value is -4.37. The topological polar surface area (TPSA) is 78.2 Å². The van der Waals surface area contributed by atoms with Crippen LogP contribution in [0.25, 0.3) is 16.6 Å². The molecule has 4 aromatic rings. The van der Waals surface area contributed by atoms with E-state index in [0.717, 1.165) is 23.9 Å². The van der Waals surface area contributed by atoms with Crippen molar-refractivity contribution in [1.82, 2.24) is 9.47 Å². The smallest absolute Gasteiger partial charge is 0.341 e. The van der Waals surface area contributed by atoms with Gasteiger partial charge < -0.3 is 29.1 Å². The Kier molecular flexibility index (Phi) is 7.26. The fourth-order valence-electron chi connectivity index (χ4n) is 5.21. The highest BCUT2D eigenvalue weighted by molar-refractivity contribution is 5.97. The van der Waals surface area contributed by atoms with Crippen molar-refractivity contribution in [1.29, 1.82) is 0 Å². The Bertz CT molecular complexity index is 1560. The summed E-state index contributed by atoms with van der Waals surface area (Å²) in [6.07, 6.45) is 1.30. The predicted molar refractivity (Wildman–Crippen MR) is 151 cm³/mol. The van der Waals surface area contributed by atoms with Crippen LogP contribution in [0.3, 0.4) is 0 Å². The van der Waals surface area contributed by atoms with E-state index in [9.17, 15) is 14.7 Å². The first-order valence-electron chi connectivity index (χ1n) is 12.8. The van der Waals surface area contributed by atoms with Crippen LogP contribution in [0.15, 0.2) is 71.7 Å². The van der Waals surface area contributed by atoms with Gasteiger partial charge >= 0.3 is 5.97 Å². The molecule has 1 saturated heterocycles. The Labute approximate surface area is 226 Å². The largest absolute Gasteiger partial charge is 0.492 e. The lowest BCUT2D eigenvalue weighted by Crippen LogP contribution is -2.47. The monoisotopic (exact) mass is 530 g/mol. The van der Waals surface area contributed by atoms with Gasteiger partial charge in [-0.25, -0.2) is 9.18 Å². The molecule has 1 aliphatic heterocycles. The number of carbonyl (C=O) groups is 1. The average Bonchev–Trinajstić information content (AvgIpc) is 2.93. The number of aromatic nitrogens is 1. The van der Waals surface area contributed by atoms with Gasteiger partial charge in [0.25, 0.3) is 0 Å². The van der Waals surface area contributed by atoms with Crippen LogP contribution in [0.5, 0.6) is 5.75 Å². The number of fused-ring (bicyclic) bond motifs is 1. The Morgan fingerprint density at radius 1 is 0.974 bits per heavy atom. The average molecular weight is 531 g/mol. The first kappa shape index (κ1) is 26.2. The number of halogens is 1. The summed E-state index contributed by atoms with van der Waals surface area (Å²) in [4.78, 5) is 31.4. The van der Waals surface area contributed by atoms with Crippen molar-refractivity contribution in [2.75, 3.05) is 57.2 Å². The maximum atomic E-state index is 15.8. The lowest BCUT2D eigenvalue weighted by Gasteiger charge is -2.38. The van der Waals surface area contributed by atoms with E-state index in [1.165, 1.54) is 13.3 Å². The lowest BCUT2D eigenvalue weighted by molar-refractivity contribution is 0.0695. The Balaban J connectivity index is 1.64. The number of ether oxygens (including phenoxy) is 1. The van der Waals surface area contributed by atoms with Gasteiger partial charge in [-0.3, -0.25) is 4.79 Å². The minimum absolute atomic E-state index is 0.0479. The zero-order valence-electron chi connectivity index (χ0n) is 22.2. The van der Waals surface area contributed by atoms with Crippen molar-refractivity contribution in [3.8, 4) is 11.4 Å². The maximum Gasteiger partial charge on any atom is 0.341 e. The molecule has 0 radical (unpaired) electrons. The van der Waals surface area contributed by atoms with E-state index in [-0.39, 0.29) is 16.8 Å². The first-order chi connectivity index (χ1) is 18.8. The van der Waals surface area contributed by atoms with Gasteiger partial charge in [-0.05, 0) is 50.0 Å². The van der Waals surface area contributed by atoms with Crippen molar-refractivity contribution in [2.45, 2.75) is 6.54 Å². The molecule has 1 aromatic heterocycles. The van der Waals surface area contributed by atoms with E-state index in [1.54, 1.807) is 4.57 Å². The number of nitrogens with zero attached hydrogens (tertiary/aromatic N) is 4. The van der Waals surface area contributed by atoms with E-state index >= 15 is 4.39 Å². The van der Waals surface area contributed by atoms with Gasteiger partial charge in [-0.1, -0.05) is 30.3 Å². The Morgan fingerprint density at radius 3 is 2.21 bits per heavy atom. The quantitative estimate of drug-likeness (QED) is 0.383. The molecule has 8 nitrogen and oxygen atoms in total. The van der Waals surface area contributed by atoms with E-state index in [4.69, 9.17) is 4.74 Å². The van der Waals surface area contributed by atoms with Crippen LogP contribution >= 0.6 is 0 Å². The van der Waals surface area contributed by atoms with Gasteiger partial charge in [0.2, 0.25) is 5.43 Å². The number of aromatic carboxylic acids is 1. The second-order valence-electron chi connectivity index (χ2n) is 9.90. The fourth-order valence-corrected chi connectivity index (χ4v) is 5.21. The van der Waals surface area contributed by atoms with Crippen LogP contribution in [0.4, 0.5) is 15.8 Å². The number of carboxylic acid groups (broad SMARTS) is 1. The number of methoxy groups -OCH3 is 1.